The van der Waals surface area contributed by atoms with E-state index >= 15 is 0 Å². The van der Waals surface area contributed by atoms with Crippen LogP contribution in [0.3, 0.4) is 0 Å². The second-order valence-electron chi connectivity index (χ2n) is 6.53. The highest BCUT2D eigenvalue weighted by atomic mass is 32.2. The van der Waals surface area contributed by atoms with E-state index in [0.29, 0.717) is 12.3 Å². The number of nitrogens with one attached hydrogen (secondary N) is 1. The largest absolute Gasteiger partial charge is 0.375 e. The molecular formula is C19H24N2O3S. The fraction of sp³-hybridized carbons (Fsp3) is 0.368. The van der Waals surface area contributed by atoms with Gasteiger partial charge in [-0.3, -0.25) is 4.72 Å². The van der Waals surface area contributed by atoms with Crippen LogP contribution in [0, 0.1) is 13.8 Å². The van der Waals surface area contributed by atoms with Crippen LogP contribution in [0.15, 0.2) is 47.4 Å². The van der Waals surface area contributed by atoms with Crippen LogP contribution in [0.1, 0.15) is 18.1 Å². The predicted octanol–water partition coefficient (Wildman–Crippen LogP) is 3.33. The minimum Gasteiger partial charge on any atom is -0.375 e. The van der Waals surface area contributed by atoms with Gasteiger partial charge in [0, 0.05) is 24.5 Å². The third-order valence-electron chi connectivity index (χ3n) is 4.51. The van der Waals surface area contributed by atoms with E-state index in [0.717, 1.165) is 29.9 Å². The third kappa shape index (κ3) is 4.14. The summed E-state index contributed by atoms with van der Waals surface area (Å²) in [6.45, 7) is 8.32. The van der Waals surface area contributed by atoms with Gasteiger partial charge in [-0.15, -0.1) is 0 Å². The Kier molecular flexibility index (Phi) is 5.01. The number of hydrogen-bond donors (Lipinski definition) is 1. The zero-order valence-electron chi connectivity index (χ0n) is 14.8. The van der Waals surface area contributed by atoms with Gasteiger partial charge >= 0.3 is 0 Å². The van der Waals surface area contributed by atoms with E-state index in [9.17, 15) is 8.42 Å². The normalized spacial score (nSPS) is 18.2. The summed E-state index contributed by atoms with van der Waals surface area (Å²) in [5.41, 5.74) is 3.66. The molecule has 0 amide bonds. The zero-order chi connectivity index (χ0) is 18.0. The van der Waals surface area contributed by atoms with Crippen LogP contribution in [-0.2, 0) is 14.8 Å². The third-order valence-corrected chi connectivity index (χ3v) is 5.89. The lowest BCUT2D eigenvalue weighted by molar-refractivity contribution is 0.0532. The van der Waals surface area contributed by atoms with Gasteiger partial charge in [0.15, 0.2) is 0 Å². The quantitative estimate of drug-likeness (QED) is 0.909. The number of nitrogens with zero attached hydrogens (tertiary/aromatic N) is 1. The number of morpholine rings is 1. The maximum Gasteiger partial charge on any atom is 0.261 e. The van der Waals surface area contributed by atoms with Gasteiger partial charge in [-0.25, -0.2) is 8.42 Å². The summed E-state index contributed by atoms with van der Waals surface area (Å²) in [5.74, 6) is 0. The van der Waals surface area contributed by atoms with Crippen molar-refractivity contribution in [1.29, 1.82) is 0 Å². The number of hydrogen-bond acceptors (Lipinski definition) is 4. The number of sulfonamides is 1. The molecular weight excluding hydrogens is 336 g/mol. The number of ether oxygens (including phenoxy) is 1. The molecule has 2 aromatic rings. The molecule has 3 rings (SSSR count). The SMILES string of the molecule is Cc1ccc(S(=O)(=O)Nc2ccc(N3CCOC(C)C3)cc2)cc1C. The minimum atomic E-state index is -3.58. The molecule has 1 aliphatic heterocycles. The summed E-state index contributed by atoms with van der Waals surface area (Å²) < 4.78 is 33.3. The Labute approximate surface area is 149 Å². The lowest BCUT2D eigenvalue weighted by Crippen LogP contribution is -2.41. The minimum absolute atomic E-state index is 0.205. The molecule has 0 aliphatic carbocycles. The molecule has 1 heterocycles. The fourth-order valence-electron chi connectivity index (χ4n) is 2.89. The van der Waals surface area contributed by atoms with Gasteiger partial charge in [0.2, 0.25) is 0 Å². The first kappa shape index (κ1) is 17.8. The van der Waals surface area contributed by atoms with Crippen LogP contribution in [0.25, 0.3) is 0 Å². The van der Waals surface area contributed by atoms with Crippen LogP contribution in [0.2, 0.25) is 0 Å². The molecule has 1 saturated heterocycles. The molecule has 1 fully saturated rings. The van der Waals surface area contributed by atoms with E-state index in [1.54, 1.807) is 24.3 Å². The number of rotatable bonds is 4. The molecule has 1 N–H and O–H groups in total. The first-order chi connectivity index (χ1) is 11.8. The van der Waals surface area contributed by atoms with Crippen LogP contribution in [0.4, 0.5) is 11.4 Å². The molecule has 0 spiro atoms. The number of aryl methyl sites for hydroxylation is 2. The van der Waals surface area contributed by atoms with Crippen molar-refractivity contribution in [3.05, 3.63) is 53.6 Å². The van der Waals surface area contributed by atoms with Crippen LogP contribution >= 0.6 is 0 Å². The highest BCUT2D eigenvalue weighted by Crippen LogP contribution is 2.23. The highest BCUT2D eigenvalue weighted by molar-refractivity contribution is 7.92. The molecule has 6 heteroatoms. The first-order valence-electron chi connectivity index (χ1n) is 8.42. The van der Waals surface area contributed by atoms with Crippen molar-refractivity contribution >= 4 is 21.4 Å². The molecule has 25 heavy (non-hydrogen) atoms. The van der Waals surface area contributed by atoms with Gasteiger partial charge in [-0.1, -0.05) is 6.07 Å². The Morgan fingerprint density at radius 2 is 1.80 bits per heavy atom. The predicted molar refractivity (Wildman–Crippen MR) is 101 cm³/mol. The smallest absolute Gasteiger partial charge is 0.261 e. The summed E-state index contributed by atoms with van der Waals surface area (Å²) in [4.78, 5) is 2.53. The second-order valence-corrected chi connectivity index (χ2v) is 8.21. The monoisotopic (exact) mass is 360 g/mol. The Morgan fingerprint density at radius 3 is 2.44 bits per heavy atom. The molecule has 0 aromatic heterocycles. The average Bonchev–Trinajstić information content (AvgIpc) is 2.57. The maximum atomic E-state index is 12.6. The fourth-order valence-corrected chi connectivity index (χ4v) is 4.03. The van der Waals surface area contributed by atoms with Crippen LogP contribution < -0.4 is 9.62 Å². The van der Waals surface area contributed by atoms with Gasteiger partial charge in [0.05, 0.1) is 17.6 Å². The van der Waals surface area contributed by atoms with Gasteiger partial charge in [-0.2, -0.15) is 0 Å². The van der Waals surface area contributed by atoms with E-state index in [1.807, 2.05) is 32.0 Å². The Bertz CT molecular complexity index is 847. The van der Waals surface area contributed by atoms with E-state index in [-0.39, 0.29) is 11.0 Å². The standard InChI is InChI=1S/C19H24N2O3S/c1-14-4-9-19(12-15(14)2)25(22,23)20-17-5-7-18(8-6-17)21-10-11-24-16(3)13-21/h4-9,12,16,20H,10-11,13H2,1-3H3. The summed E-state index contributed by atoms with van der Waals surface area (Å²) in [6, 6.07) is 12.6. The molecule has 1 aliphatic rings. The molecule has 5 nitrogen and oxygen atoms in total. The van der Waals surface area contributed by atoms with E-state index in [2.05, 4.69) is 16.5 Å². The summed E-state index contributed by atoms with van der Waals surface area (Å²) in [5, 5.41) is 0. The summed E-state index contributed by atoms with van der Waals surface area (Å²) in [6.07, 6.45) is 0.205. The van der Waals surface area contributed by atoms with Crippen molar-refractivity contribution in [3.8, 4) is 0 Å². The van der Waals surface area contributed by atoms with Crippen LogP contribution in [-0.4, -0.2) is 34.2 Å². The molecule has 134 valence electrons. The van der Waals surface area contributed by atoms with Crippen molar-refractivity contribution in [2.24, 2.45) is 0 Å². The Morgan fingerprint density at radius 1 is 1.08 bits per heavy atom. The Balaban J connectivity index is 1.75. The van der Waals surface area contributed by atoms with E-state index in [4.69, 9.17) is 4.74 Å². The van der Waals surface area contributed by atoms with Gasteiger partial charge in [0.25, 0.3) is 10.0 Å². The lowest BCUT2D eigenvalue weighted by Gasteiger charge is -2.33. The maximum absolute atomic E-state index is 12.6. The molecule has 1 unspecified atom stereocenters. The van der Waals surface area contributed by atoms with Gasteiger partial charge < -0.3 is 9.64 Å². The van der Waals surface area contributed by atoms with E-state index in [1.165, 1.54) is 0 Å². The molecule has 1 atom stereocenters. The molecule has 0 bridgehead atoms. The van der Waals surface area contributed by atoms with Crippen LogP contribution in [0.5, 0.6) is 0 Å². The number of benzene rings is 2. The molecule has 2 aromatic carbocycles. The van der Waals surface area contributed by atoms with E-state index < -0.39 is 10.0 Å². The van der Waals surface area contributed by atoms with Crippen molar-refractivity contribution in [2.75, 3.05) is 29.3 Å². The molecule has 0 radical (unpaired) electrons. The number of anilines is 2. The second kappa shape index (κ2) is 7.06. The first-order valence-corrected chi connectivity index (χ1v) is 9.90. The lowest BCUT2D eigenvalue weighted by atomic mass is 10.1. The average molecular weight is 360 g/mol. The molecule has 0 saturated carbocycles. The van der Waals surface area contributed by atoms with Crippen molar-refractivity contribution in [2.45, 2.75) is 31.8 Å². The Hall–Kier alpha value is -2.05. The zero-order valence-corrected chi connectivity index (χ0v) is 15.6. The van der Waals surface area contributed by atoms with Crippen molar-refractivity contribution in [1.82, 2.24) is 0 Å². The highest BCUT2D eigenvalue weighted by Gasteiger charge is 2.18. The summed E-state index contributed by atoms with van der Waals surface area (Å²) in [7, 11) is -3.58. The summed E-state index contributed by atoms with van der Waals surface area (Å²) >= 11 is 0. The topological polar surface area (TPSA) is 58.6 Å². The van der Waals surface area contributed by atoms with Gasteiger partial charge in [-0.05, 0) is 68.3 Å². The van der Waals surface area contributed by atoms with Crippen molar-refractivity contribution in [3.63, 3.8) is 0 Å². The van der Waals surface area contributed by atoms with Crippen molar-refractivity contribution < 1.29 is 13.2 Å². The van der Waals surface area contributed by atoms with Gasteiger partial charge in [0.1, 0.15) is 0 Å².